The molecule has 2 N–H and O–H groups in total. The van der Waals surface area contributed by atoms with Crippen molar-refractivity contribution in [2.24, 2.45) is 5.84 Å². The Bertz CT molecular complexity index is 330. The monoisotopic (exact) mass is 300 g/mol. The summed E-state index contributed by atoms with van der Waals surface area (Å²) in [5.74, 6) is 6.00. The van der Waals surface area contributed by atoms with E-state index in [1.54, 1.807) is 0 Å². The predicted octanol–water partition coefficient (Wildman–Crippen LogP) is 3.84. The largest absolute Gasteiger partial charge is 0.344 e. The molecule has 2 unspecified atom stereocenters. The van der Waals surface area contributed by atoms with E-state index in [1.165, 1.54) is 0 Å². The molecule has 4 heteroatoms. The van der Waals surface area contributed by atoms with Gasteiger partial charge in [-0.05, 0) is 40.5 Å². The number of hydrogen-bond acceptors (Lipinski definition) is 4. The molecule has 0 radical (unpaired) electrons. The fourth-order valence-electron chi connectivity index (χ4n) is 3.94. The lowest BCUT2D eigenvalue weighted by molar-refractivity contribution is -0.256. The highest BCUT2D eigenvalue weighted by atomic mass is 16.8. The second kappa shape index (κ2) is 6.53. The molecule has 0 aliphatic carbocycles. The van der Waals surface area contributed by atoms with Gasteiger partial charge in [0, 0.05) is 23.9 Å². The van der Waals surface area contributed by atoms with Crippen LogP contribution in [-0.4, -0.2) is 34.1 Å². The maximum Gasteiger partial charge on any atom is 0.172 e. The highest BCUT2D eigenvalue weighted by molar-refractivity contribution is 5.06. The van der Waals surface area contributed by atoms with Crippen LogP contribution in [0.25, 0.3) is 0 Å². The van der Waals surface area contributed by atoms with Gasteiger partial charge in [0.2, 0.25) is 0 Å². The molecule has 0 amide bonds. The van der Waals surface area contributed by atoms with E-state index in [-0.39, 0.29) is 23.3 Å². The van der Waals surface area contributed by atoms with E-state index < -0.39 is 5.79 Å². The first-order valence-corrected chi connectivity index (χ1v) is 8.61. The van der Waals surface area contributed by atoms with Crippen molar-refractivity contribution < 1.29 is 9.47 Å². The summed E-state index contributed by atoms with van der Waals surface area (Å²) in [5, 5.41) is 2.06. The molecule has 2 atom stereocenters. The molecule has 0 aromatic carbocycles. The molecule has 4 nitrogen and oxygen atoms in total. The molecular formula is C17H36N2O2. The molecule has 0 aromatic heterocycles. The summed E-state index contributed by atoms with van der Waals surface area (Å²) in [4.78, 5) is 0. The normalized spacial score (nSPS) is 38.1. The fourth-order valence-corrected chi connectivity index (χ4v) is 3.94. The molecule has 2 heterocycles. The topological polar surface area (TPSA) is 47.7 Å². The zero-order chi connectivity index (χ0) is 16.5. The van der Waals surface area contributed by atoms with Gasteiger partial charge in [0.05, 0.1) is 12.2 Å². The summed E-state index contributed by atoms with van der Waals surface area (Å²) < 4.78 is 12.5. The predicted molar refractivity (Wildman–Crippen MR) is 87.8 cm³/mol. The van der Waals surface area contributed by atoms with Gasteiger partial charge in [-0.15, -0.1) is 0 Å². The van der Waals surface area contributed by atoms with Crippen LogP contribution < -0.4 is 5.84 Å². The van der Waals surface area contributed by atoms with Crippen LogP contribution in [-0.2, 0) is 9.47 Å². The molecule has 21 heavy (non-hydrogen) atoms. The van der Waals surface area contributed by atoms with E-state index in [0.29, 0.717) is 0 Å². The minimum atomic E-state index is -0.454. The maximum atomic E-state index is 6.46. The SMILES string of the molecule is CC.CCC1(CC)CC2(CC(C)(C)N1N)OC(C)C(C)O2. The lowest BCUT2D eigenvalue weighted by Crippen LogP contribution is -2.70. The molecule has 2 aliphatic rings. The lowest BCUT2D eigenvalue weighted by Gasteiger charge is -2.57. The quantitative estimate of drug-likeness (QED) is 0.787. The first kappa shape index (κ1) is 18.9. The average Bonchev–Trinajstić information content (AvgIpc) is 2.70. The Morgan fingerprint density at radius 1 is 1.00 bits per heavy atom. The Hall–Kier alpha value is -0.160. The van der Waals surface area contributed by atoms with Crippen molar-refractivity contribution in [3.63, 3.8) is 0 Å². The Morgan fingerprint density at radius 2 is 1.43 bits per heavy atom. The average molecular weight is 300 g/mol. The molecule has 2 saturated heterocycles. The summed E-state index contributed by atoms with van der Waals surface area (Å²) in [6.45, 7) is 17.0. The van der Waals surface area contributed by atoms with Gasteiger partial charge < -0.3 is 9.47 Å². The third-order valence-electron chi connectivity index (χ3n) is 5.24. The number of hydrazine groups is 1. The third-order valence-corrected chi connectivity index (χ3v) is 5.24. The van der Waals surface area contributed by atoms with Crippen LogP contribution in [0.5, 0.6) is 0 Å². The van der Waals surface area contributed by atoms with Crippen LogP contribution in [0, 0.1) is 0 Å². The van der Waals surface area contributed by atoms with Gasteiger partial charge in [-0.2, -0.15) is 0 Å². The minimum absolute atomic E-state index is 0.0362. The van der Waals surface area contributed by atoms with E-state index in [4.69, 9.17) is 15.3 Å². The van der Waals surface area contributed by atoms with Gasteiger partial charge in [0.1, 0.15) is 0 Å². The zero-order valence-electron chi connectivity index (χ0n) is 15.3. The fraction of sp³-hybridized carbons (Fsp3) is 1.00. The van der Waals surface area contributed by atoms with Gasteiger partial charge >= 0.3 is 0 Å². The summed E-state index contributed by atoms with van der Waals surface area (Å²) in [6, 6.07) is 0. The number of piperidine rings is 1. The zero-order valence-corrected chi connectivity index (χ0v) is 15.3. The van der Waals surface area contributed by atoms with E-state index in [9.17, 15) is 0 Å². The Kier molecular flexibility index (Phi) is 5.87. The van der Waals surface area contributed by atoms with Crippen molar-refractivity contribution in [2.45, 2.75) is 110 Å². The van der Waals surface area contributed by atoms with Crippen molar-refractivity contribution in [2.75, 3.05) is 0 Å². The minimum Gasteiger partial charge on any atom is -0.344 e. The molecule has 0 saturated carbocycles. The maximum absolute atomic E-state index is 6.46. The van der Waals surface area contributed by atoms with E-state index in [1.807, 2.05) is 13.8 Å². The van der Waals surface area contributed by atoms with E-state index in [0.717, 1.165) is 25.7 Å². The first-order chi connectivity index (χ1) is 9.70. The molecule has 0 aromatic rings. The summed E-state index contributed by atoms with van der Waals surface area (Å²) >= 11 is 0. The van der Waals surface area contributed by atoms with Crippen LogP contribution in [0.4, 0.5) is 0 Å². The molecule has 126 valence electrons. The molecule has 2 aliphatic heterocycles. The number of nitrogens with zero attached hydrogens (tertiary/aromatic N) is 1. The molecule has 0 bridgehead atoms. The van der Waals surface area contributed by atoms with E-state index >= 15 is 0 Å². The van der Waals surface area contributed by atoms with Crippen LogP contribution in [0.3, 0.4) is 0 Å². The number of nitrogens with two attached hydrogens (primary N) is 1. The third kappa shape index (κ3) is 3.29. The number of rotatable bonds is 2. The molecule has 1 spiro atoms. The van der Waals surface area contributed by atoms with Gasteiger partial charge in [-0.1, -0.05) is 27.7 Å². The van der Waals surface area contributed by atoms with Crippen molar-refractivity contribution >= 4 is 0 Å². The lowest BCUT2D eigenvalue weighted by atomic mass is 9.73. The van der Waals surface area contributed by atoms with Gasteiger partial charge in [-0.3, -0.25) is 5.84 Å². The molecule has 2 fully saturated rings. The van der Waals surface area contributed by atoms with Crippen molar-refractivity contribution in [1.82, 2.24) is 5.01 Å². The van der Waals surface area contributed by atoms with Crippen LogP contribution >= 0.6 is 0 Å². The van der Waals surface area contributed by atoms with Crippen molar-refractivity contribution in [3.8, 4) is 0 Å². The number of hydrogen-bond donors (Lipinski definition) is 1. The van der Waals surface area contributed by atoms with Crippen LogP contribution in [0.1, 0.15) is 81.1 Å². The Balaban J connectivity index is 0.00000106. The molecular weight excluding hydrogens is 264 g/mol. The smallest absolute Gasteiger partial charge is 0.172 e. The van der Waals surface area contributed by atoms with Crippen LogP contribution in [0.2, 0.25) is 0 Å². The first-order valence-electron chi connectivity index (χ1n) is 8.61. The Labute approximate surface area is 131 Å². The standard InChI is InChI=1S/C15H30N2O2.C2H6/c1-7-14(8-2)10-15(9-13(5,6)17(14)16)18-11(3)12(4)19-15;1-2/h11-12H,7-10,16H2,1-6H3;1-2H3. The van der Waals surface area contributed by atoms with E-state index in [2.05, 4.69) is 46.6 Å². The second-order valence-electron chi connectivity index (χ2n) is 7.02. The Morgan fingerprint density at radius 3 is 1.81 bits per heavy atom. The highest BCUT2D eigenvalue weighted by Crippen LogP contribution is 2.50. The summed E-state index contributed by atoms with van der Waals surface area (Å²) in [7, 11) is 0. The highest BCUT2D eigenvalue weighted by Gasteiger charge is 2.58. The van der Waals surface area contributed by atoms with Crippen molar-refractivity contribution in [3.05, 3.63) is 0 Å². The summed E-state index contributed by atoms with van der Waals surface area (Å²) in [6.07, 6.45) is 4.04. The van der Waals surface area contributed by atoms with Crippen LogP contribution in [0.15, 0.2) is 0 Å². The summed E-state index contributed by atoms with van der Waals surface area (Å²) in [5.41, 5.74) is -0.153. The molecule has 2 rings (SSSR count). The van der Waals surface area contributed by atoms with Gasteiger partial charge in [0.15, 0.2) is 5.79 Å². The number of ether oxygens (including phenoxy) is 2. The van der Waals surface area contributed by atoms with Crippen molar-refractivity contribution in [1.29, 1.82) is 0 Å². The van der Waals surface area contributed by atoms with Gasteiger partial charge in [0.25, 0.3) is 0 Å². The van der Waals surface area contributed by atoms with Gasteiger partial charge in [-0.25, -0.2) is 5.01 Å². The second-order valence-corrected chi connectivity index (χ2v) is 7.02.